The second kappa shape index (κ2) is 13.0. The van der Waals surface area contributed by atoms with Crippen LogP contribution in [0.15, 0.2) is 71.8 Å². The van der Waals surface area contributed by atoms with Crippen molar-refractivity contribution >= 4 is 34.4 Å². The van der Waals surface area contributed by atoms with Gasteiger partial charge < -0.3 is 25.2 Å². The quantitative estimate of drug-likeness (QED) is 0.300. The van der Waals surface area contributed by atoms with E-state index in [2.05, 4.69) is 27.9 Å². The third-order valence-corrected chi connectivity index (χ3v) is 6.60. The molecule has 0 aliphatic heterocycles. The molecule has 0 saturated carbocycles. The van der Waals surface area contributed by atoms with Crippen LogP contribution in [-0.2, 0) is 16.1 Å². The summed E-state index contributed by atoms with van der Waals surface area (Å²) >= 11 is 2.11. The molecule has 3 rings (SSSR count). The van der Waals surface area contributed by atoms with Crippen molar-refractivity contribution in [3.05, 3.63) is 86.8 Å². The number of nitrogens with one attached hydrogen (secondary N) is 1. The highest BCUT2D eigenvalue weighted by molar-refractivity contribution is 14.1. The van der Waals surface area contributed by atoms with E-state index in [1.807, 2.05) is 12.1 Å². The van der Waals surface area contributed by atoms with E-state index < -0.39 is 35.9 Å². The second-order valence-electron chi connectivity index (χ2n) is 8.73. The zero-order valence-corrected chi connectivity index (χ0v) is 22.3. The number of hydrogen-bond donors (Lipinski definition) is 3. The fourth-order valence-corrected chi connectivity index (χ4v) is 4.48. The Morgan fingerprint density at radius 1 is 1.19 bits per heavy atom. The Kier molecular flexibility index (Phi) is 10.0. The number of para-hydroxylation sites is 1. The number of amides is 2. The van der Waals surface area contributed by atoms with E-state index >= 15 is 0 Å². The molecule has 0 aromatic heterocycles. The zero-order chi connectivity index (χ0) is 26.2. The number of aliphatic hydroxyl groups excluding tert-OH is 2. The predicted molar refractivity (Wildman–Crippen MR) is 143 cm³/mol. The number of nitrogens with zero attached hydrogens (tertiary/aromatic N) is 1. The molecule has 0 radical (unpaired) electrons. The first kappa shape index (κ1) is 27.8. The third kappa shape index (κ3) is 7.14. The van der Waals surface area contributed by atoms with Gasteiger partial charge in [0, 0.05) is 36.7 Å². The first-order chi connectivity index (χ1) is 17.2. The van der Waals surface area contributed by atoms with Crippen LogP contribution >= 0.6 is 22.6 Å². The van der Waals surface area contributed by atoms with Gasteiger partial charge in [0.05, 0.1) is 16.2 Å². The van der Waals surface area contributed by atoms with Gasteiger partial charge in [-0.1, -0.05) is 35.9 Å². The van der Waals surface area contributed by atoms with Gasteiger partial charge in [-0.25, -0.2) is 4.39 Å². The van der Waals surface area contributed by atoms with E-state index in [-0.39, 0.29) is 31.7 Å². The molecule has 3 N–H and O–H groups in total. The van der Waals surface area contributed by atoms with Crippen LogP contribution in [0.5, 0.6) is 5.75 Å². The molecule has 3 atom stereocenters. The third-order valence-electron chi connectivity index (χ3n) is 5.71. The lowest BCUT2D eigenvalue weighted by molar-refractivity contribution is -0.134. The van der Waals surface area contributed by atoms with Gasteiger partial charge in [-0.15, -0.1) is 0 Å². The van der Waals surface area contributed by atoms with Gasteiger partial charge in [0.2, 0.25) is 11.8 Å². The normalized spacial score (nSPS) is 19.2. The lowest BCUT2D eigenvalue weighted by Crippen LogP contribution is -2.54. The van der Waals surface area contributed by atoms with Crippen molar-refractivity contribution in [3.8, 4) is 5.75 Å². The molecular weight excluding hydrogens is 578 g/mol. The van der Waals surface area contributed by atoms with E-state index in [4.69, 9.17) is 9.84 Å². The highest BCUT2D eigenvalue weighted by Gasteiger charge is 2.40. The number of benzene rings is 2. The maximum absolute atomic E-state index is 14.6. The number of carbonyl (C=O) groups is 2. The molecule has 0 unspecified atom stereocenters. The zero-order valence-electron chi connectivity index (χ0n) is 20.2. The van der Waals surface area contributed by atoms with Crippen LogP contribution in [0.1, 0.15) is 25.8 Å². The number of ether oxygens (including phenoxy) is 1. The standard InChI is InChI=1S/C27H30FIN2O5/c1-17(2)13-25(33)31(16-18-7-3-4-8-20(18)28)22-14-19(27(35)30-11-12-32)15-24(26(22)34)36-23-10-6-5-9-21(23)29/h3-10,13,15,22,24,26,32,34H,11-12,14,16H2,1-2H3,(H,30,35)/t22-,24+,26+/m1/s1. The highest BCUT2D eigenvalue weighted by Crippen LogP contribution is 2.31. The molecule has 36 heavy (non-hydrogen) atoms. The van der Waals surface area contributed by atoms with Gasteiger partial charge in [0.25, 0.3) is 0 Å². The Bertz CT molecular complexity index is 1150. The number of carbonyl (C=O) groups excluding carboxylic acids is 2. The fraction of sp³-hybridized carbons (Fsp3) is 0.333. The number of allylic oxidation sites excluding steroid dienone is 1. The molecule has 1 aliphatic rings. The highest BCUT2D eigenvalue weighted by atomic mass is 127. The minimum Gasteiger partial charge on any atom is -0.482 e. The molecular formula is C27H30FIN2O5. The van der Waals surface area contributed by atoms with Gasteiger partial charge in [0.1, 0.15) is 23.8 Å². The number of halogens is 2. The van der Waals surface area contributed by atoms with Gasteiger partial charge >= 0.3 is 0 Å². The minimum atomic E-state index is -1.20. The van der Waals surface area contributed by atoms with Gasteiger partial charge in [0.15, 0.2) is 0 Å². The molecule has 7 nitrogen and oxygen atoms in total. The van der Waals surface area contributed by atoms with Gasteiger partial charge in [-0.05, 0) is 60.7 Å². The van der Waals surface area contributed by atoms with Crippen LogP contribution in [0.4, 0.5) is 4.39 Å². The predicted octanol–water partition coefficient (Wildman–Crippen LogP) is 3.34. The lowest BCUT2D eigenvalue weighted by Gasteiger charge is -2.40. The summed E-state index contributed by atoms with van der Waals surface area (Å²) in [4.78, 5) is 27.5. The molecule has 2 amide bonds. The summed E-state index contributed by atoms with van der Waals surface area (Å²) in [7, 11) is 0. The summed E-state index contributed by atoms with van der Waals surface area (Å²) in [6.07, 6.45) is 0.853. The van der Waals surface area contributed by atoms with Crippen LogP contribution in [0.25, 0.3) is 0 Å². The molecule has 2 aromatic carbocycles. The van der Waals surface area contributed by atoms with Crippen molar-refractivity contribution in [1.29, 1.82) is 0 Å². The molecule has 0 bridgehead atoms. The summed E-state index contributed by atoms with van der Waals surface area (Å²) in [5.41, 5.74) is 1.33. The van der Waals surface area contributed by atoms with Crippen molar-refractivity contribution in [1.82, 2.24) is 10.2 Å². The summed E-state index contributed by atoms with van der Waals surface area (Å²) in [5.74, 6) is -0.795. The summed E-state index contributed by atoms with van der Waals surface area (Å²) < 4.78 is 21.5. The molecule has 0 heterocycles. The molecule has 0 saturated heterocycles. The molecule has 1 aliphatic carbocycles. The molecule has 2 aromatic rings. The van der Waals surface area contributed by atoms with E-state index in [0.717, 1.165) is 9.14 Å². The smallest absolute Gasteiger partial charge is 0.247 e. The minimum absolute atomic E-state index is 0.0287. The number of hydrogen-bond acceptors (Lipinski definition) is 5. The lowest BCUT2D eigenvalue weighted by atomic mass is 9.87. The van der Waals surface area contributed by atoms with Crippen molar-refractivity contribution in [3.63, 3.8) is 0 Å². The Hall–Kier alpha value is -2.76. The largest absolute Gasteiger partial charge is 0.482 e. The van der Waals surface area contributed by atoms with Crippen LogP contribution in [0, 0.1) is 9.39 Å². The Morgan fingerprint density at radius 2 is 1.89 bits per heavy atom. The number of aliphatic hydroxyl groups is 2. The van der Waals surface area contributed by atoms with Gasteiger partial charge in [-0.3, -0.25) is 9.59 Å². The fourth-order valence-electron chi connectivity index (χ4n) is 3.97. The van der Waals surface area contributed by atoms with Crippen LogP contribution < -0.4 is 10.1 Å². The molecule has 0 spiro atoms. The second-order valence-corrected chi connectivity index (χ2v) is 9.89. The van der Waals surface area contributed by atoms with Crippen LogP contribution in [-0.4, -0.2) is 58.3 Å². The maximum atomic E-state index is 14.6. The first-order valence-corrected chi connectivity index (χ1v) is 12.7. The van der Waals surface area contributed by atoms with E-state index in [0.29, 0.717) is 11.3 Å². The topological polar surface area (TPSA) is 99.1 Å². The van der Waals surface area contributed by atoms with Crippen molar-refractivity contribution in [2.75, 3.05) is 13.2 Å². The monoisotopic (exact) mass is 608 g/mol. The Labute approximate surface area is 223 Å². The van der Waals surface area contributed by atoms with Crippen molar-refractivity contribution in [2.24, 2.45) is 0 Å². The Balaban J connectivity index is 2.02. The van der Waals surface area contributed by atoms with Gasteiger partial charge in [-0.2, -0.15) is 0 Å². The first-order valence-electron chi connectivity index (χ1n) is 11.6. The molecule has 9 heteroatoms. The SMILES string of the molecule is CC(C)=CC(=O)N(Cc1ccccc1F)[C@@H]1CC(C(=O)NCCO)=C[C@H](Oc2ccccc2I)[C@H]1O. The van der Waals surface area contributed by atoms with Crippen molar-refractivity contribution < 1.29 is 28.9 Å². The summed E-state index contributed by atoms with van der Waals surface area (Å²) in [5, 5.41) is 23.2. The van der Waals surface area contributed by atoms with Crippen molar-refractivity contribution in [2.45, 2.75) is 45.1 Å². The van der Waals surface area contributed by atoms with Crippen LogP contribution in [0.2, 0.25) is 0 Å². The molecule has 192 valence electrons. The molecule has 0 fully saturated rings. The average Bonchev–Trinajstić information content (AvgIpc) is 2.84. The van der Waals surface area contributed by atoms with E-state index in [9.17, 15) is 19.1 Å². The average molecular weight is 608 g/mol. The van der Waals surface area contributed by atoms with Crippen LogP contribution in [0.3, 0.4) is 0 Å². The summed E-state index contributed by atoms with van der Waals surface area (Å²) in [6, 6.07) is 12.5. The van der Waals surface area contributed by atoms with E-state index in [1.165, 1.54) is 17.0 Å². The maximum Gasteiger partial charge on any atom is 0.247 e. The van der Waals surface area contributed by atoms with E-state index in [1.54, 1.807) is 50.3 Å². The number of rotatable bonds is 9. The summed E-state index contributed by atoms with van der Waals surface area (Å²) in [6.45, 7) is 3.27. The Morgan fingerprint density at radius 3 is 2.56 bits per heavy atom.